The lowest BCUT2D eigenvalue weighted by molar-refractivity contribution is 0.624. The summed E-state index contributed by atoms with van der Waals surface area (Å²) in [6.45, 7) is 2.82. The minimum absolute atomic E-state index is 0.302. The minimum atomic E-state index is -0.716. The number of hydrogen-bond acceptors (Lipinski definition) is 2. The molecule has 2 atom stereocenters. The fraction of sp³-hybridized carbons (Fsp3) is 0.750. The van der Waals surface area contributed by atoms with Crippen LogP contribution in [0, 0.1) is 0 Å². The molecule has 4 heteroatoms. The second kappa shape index (κ2) is 7.77. The number of nitrogens with one attached hydrogen (secondary N) is 1. The van der Waals surface area contributed by atoms with E-state index in [0.717, 1.165) is 6.54 Å². The van der Waals surface area contributed by atoms with Gasteiger partial charge in [0.1, 0.15) is 0 Å². The quantitative estimate of drug-likeness (QED) is 0.525. The molecule has 0 aliphatic heterocycles. The molecule has 0 saturated heterocycles. The number of halogens is 1. The summed E-state index contributed by atoms with van der Waals surface area (Å²) in [7, 11) is -0.716. The molecule has 2 unspecified atom stereocenters. The molecule has 0 aromatic rings. The topological polar surface area (TPSA) is 29.1 Å². The van der Waals surface area contributed by atoms with Gasteiger partial charge in [0.2, 0.25) is 0 Å². The van der Waals surface area contributed by atoms with Gasteiger partial charge in [0.25, 0.3) is 0 Å². The van der Waals surface area contributed by atoms with Gasteiger partial charge in [-0.2, -0.15) is 0 Å². The summed E-state index contributed by atoms with van der Waals surface area (Å²) in [5, 5.41) is 3.21. The van der Waals surface area contributed by atoms with E-state index in [4.69, 9.17) is 11.6 Å². The molecule has 0 spiro atoms. The van der Waals surface area contributed by atoms with E-state index in [1.54, 1.807) is 6.26 Å². The first kappa shape index (κ1) is 12.1. The minimum Gasteiger partial charge on any atom is -0.310 e. The third kappa shape index (κ3) is 8.24. The lowest BCUT2D eigenvalue weighted by Gasteiger charge is -2.09. The maximum Gasteiger partial charge on any atom is 0.0404 e. The van der Waals surface area contributed by atoms with Crippen LogP contribution in [0.15, 0.2) is 12.2 Å². The Hall–Kier alpha value is 0.140. The Labute approximate surface area is 81.8 Å². The Morgan fingerprint density at radius 3 is 2.75 bits per heavy atom. The molecule has 0 aromatic heterocycles. The first-order valence-corrected chi connectivity index (χ1v) is 6.17. The van der Waals surface area contributed by atoms with Crippen molar-refractivity contribution in [3.8, 4) is 0 Å². The van der Waals surface area contributed by atoms with Crippen molar-refractivity contribution in [3.05, 3.63) is 12.2 Å². The molecule has 0 bridgehead atoms. The Kier molecular flexibility index (Phi) is 7.86. The highest BCUT2D eigenvalue weighted by molar-refractivity contribution is 7.84. The number of rotatable bonds is 6. The Balaban J connectivity index is 3.37. The van der Waals surface area contributed by atoms with E-state index in [9.17, 15) is 4.21 Å². The fourth-order valence-corrected chi connectivity index (χ4v) is 1.77. The molecular weight excluding hydrogens is 194 g/mol. The van der Waals surface area contributed by atoms with E-state index >= 15 is 0 Å². The van der Waals surface area contributed by atoms with Crippen LogP contribution in [-0.2, 0) is 10.8 Å². The van der Waals surface area contributed by atoms with Gasteiger partial charge in [-0.05, 0) is 6.92 Å². The van der Waals surface area contributed by atoms with Crippen LogP contribution >= 0.6 is 11.6 Å². The zero-order valence-corrected chi connectivity index (χ0v) is 9.12. The van der Waals surface area contributed by atoms with E-state index in [-0.39, 0.29) is 0 Å². The van der Waals surface area contributed by atoms with Crippen molar-refractivity contribution >= 4 is 22.4 Å². The van der Waals surface area contributed by atoms with Gasteiger partial charge in [-0.1, -0.05) is 12.2 Å². The first-order chi connectivity index (χ1) is 5.66. The van der Waals surface area contributed by atoms with Crippen LogP contribution < -0.4 is 5.32 Å². The molecule has 0 amide bonds. The smallest absolute Gasteiger partial charge is 0.0404 e. The molecule has 72 valence electrons. The van der Waals surface area contributed by atoms with Crippen molar-refractivity contribution < 1.29 is 4.21 Å². The molecule has 2 nitrogen and oxygen atoms in total. The lowest BCUT2D eigenvalue weighted by Crippen LogP contribution is -2.30. The molecular formula is C8H16ClNOS. The van der Waals surface area contributed by atoms with Crippen LogP contribution in [-0.4, -0.2) is 34.7 Å². The Bertz CT molecular complexity index is 161. The third-order valence-corrected chi connectivity index (χ3v) is 2.47. The van der Waals surface area contributed by atoms with Crippen molar-refractivity contribution in [2.45, 2.75) is 13.0 Å². The predicted molar refractivity (Wildman–Crippen MR) is 56.3 cm³/mol. The summed E-state index contributed by atoms with van der Waals surface area (Å²) < 4.78 is 10.8. The van der Waals surface area contributed by atoms with Crippen LogP contribution in [0.4, 0.5) is 0 Å². The SMILES string of the molecule is CC(CS(C)=O)NC/C=C/CCl. The Morgan fingerprint density at radius 2 is 2.25 bits per heavy atom. The summed E-state index contributed by atoms with van der Waals surface area (Å²) in [5.74, 6) is 1.25. The van der Waals surface area contributed by atoms with Crippen LogP contribution in [0.25, 0.3) is 0 Å². The molecule has 0 heterocycles. The molecule has 1 N–H and O–H groups in total. The Morgan fingerprint density at radius 1 is 1.58 bits per heavy atom. The molecule has 0 aliphatic rings. The van der Waals surface area contributed by atoms with Crippen molar-refractivity contribution in [2.24, 2.45) is 0 Å². The predicted octanol–water partition coefficient (Wildman–Crippen LogP) is 1.14. The van der Waals surface area contributed by atoms with Gasteiger partial charge in [0.15, 0.2) is 0 Å². The largest absolute Gasteiger partial charge is 0.310 e. The average molecular weight is 210 g/mol. The molecule has 0 aliphatic carbocycles. The van der Waals surface area contributed by atoms with Crippen molar-refractivity contribution in [1.82, 2.24) is 5.32 Å². The maximum absolute atomic E-state index is 10.8. The number of hydrogen-bond donors (Lipinski definition) is 1. The van der Waals surface area contributed by atoms with Gasteiger partial charge in [-0.3, -0.25) is 4.21 Å². The molecule has 0 fully saturated rings. The molecule has 0 aromatic carbocycles. The maximum atomic E-state index is 10.8. The number of allylic oxidation sites excluding steroid dienone is 1. The second-order valence-corrected chi connectivity index (χ2v) is 4.46. The lowest BCUT2D eigenvalue weighted by atomic mass is 10.4. The highest BCUT2D eigenvalue weighted by Gasteiger charge is 2.00. The average Bonchev–Trinajstić information content (AvgIpc) is 1.97. The summed E-state index contributed by atoms with van der Waals surface area (Å²) in [6, 6.07) is 0.302. The monoisotopic (exact) mass is 209 g/mol. The van der Waals surface area contributed by atoms with Gasteiger partial charge in [0, 0.05) is 41.3 Å². The number of alkyl halides is 1. The van der Waals surface area contributed by atoms with Crippen molar-refractivity contribution in [3.63, 3.8) is 0 Å². The van der Waals surface area contributed by atoms with Gasteiger partial charge in [-0.15, -0.1) is 11.6 Å². The zero-order chi connectivity index (χ0) is 9.40. The van der Waals surface area contributed by atoms with E-state index < -0.39 is 10.8 Å². The highest BCUT2D eigenvalue weighted by Crippen LogP contribution is 1.85. The van der Waals surface area contributed by atoms with E-state index in [1.807, 2.05) is 19.1 Å². The van der Waals surface area contributed by atoms with Gasteiger partial charge in [0.05, 0.1) is 0 Å². The van der Waals surface area contributed by atoms with Crippen molar-refractivity contribution in [2.75, 3.05) is 24.4 Å². The summed E-state index contributed by atoms with van der Waals surface area (Å²) in [6.07, 6.45) is 5.58. The van der Waals surface area contributed by atoms with Crippen LogP contribution in [0.3, 0.4) is 0 Å². The van der Waals surface area contributed by atoms with Crippen LogP contribution in [0.2, 0.25) is 0 Å². The van der Waals surface area contributed by atoms with Gasteiger partial charge < -0.3 is 5.32 Å². The molecule has 12 heavy (non-hydrogen) atoms. The standard InChI is InChI=1S/C8H16ClNOS/c1-8(7-12(2)11)10-6-4-3-5-9/h3-4,8,10H,5-7H2,1-2H3/b4-3+. The summed E-state index contributed by atoms with van der Waals surface area (Å²) in [4.78, 5) is 0. The normalized spacial score (nSPS) is 16.6. The van der Waals surface area contributed by atoms with Gasteiger partial charge >= 0.3 is 0 Å². The van der Waals surface area contributed by atoms with E-state index in [0.29, 0.717) is 17.7 Å². The van der Waals surface area contributed by atoms with Crippen LogP contribution in [0.1, 0.15) is 6.92 Å². The molecule has 0 radical (unpaired) electrons. The summed E-state index contributed by atoms with van der Waals surface area (Å²) in [5.41, 5.74) is 0. The van der Waals surface area contributed by atoms with E-state index in [1.165, 1.54) is 0 Å². The van der Waals surface area contributed by atoms with Crippen molar-refractivity contribution in [1.29, 1.82) is 0 Å². The van der Waals surface area contributed by atoms with Gasteiger partial charge in [-0.25, -0.2) is 0 Å². The third-order valence-electron chi connectivity index (χ3n) is 1.32. The molecule has 0 saturated carbocycles. The summed E-state index contributed by atoms with van der Waals surface area (Å²) >= 11 is 5.44. The van der Waals surface area contributed by atoms with E-state index in [2.05, 4.69) is 5.32 Å². The second-order valence-electron chi connectivity index (χ2n) is 2.67. The van der Waals surface area contributed by atoms with Crippen LogP contribution in [0.5, 0.6) is 0 Å². The fourth-order valence-electron chi connectivity index (χ4n) is 0.827. The molecule has 0 rings (SSSR count). The zero-order valence-electron chi connectivity index (χ0n) is 7.55. The first-order valence-electron chi connectivity index (χ1n) is 3.91. The highest BCUT2D eigenvalue weighted by atomic mass is 35.5.